The van der Waals surface area contributed by atoms with Crippen molar-refractivity contribution in [3.8, 4) is 0 Å². The van der Waals surface area contributed by atoms with Crippen LogP contribution in [0.2, 0.25) is 0 Å². The first kappa shape index (κ1) is 14.3. The number of H-pyrrole nitrogens is 1. The molecule has 0 spiro atoms. The Balaban J connectivity index is 2.40. The zero-order chi connectivity index (χ0) is 13.8. The zero-order valence-corrected chi connectivity index (χ0v) is 11.2. The molecule has 5 nitrogen and oxygen atoms in total. The van der Waals surface area contributed by atoms with E-state index in [9.17, 15) is 9.59 Å². The van der Waals surface area contributed by atoms with Crippen molar-refractivity contribution < 1.29 is 14.3 Å². The molecule has 1 aromatic rings. The molecule has 100 valence electrons. The van der Waals surface area contributed by atoms with Gasteiger partial charge in [-0.05, 0) is 39.8 Å². The van der Waals surface area contributed by atoms with E-state index in [-0.39, 0.29) is 18.2 Å². The van der Waals surface area contributed by atoms with Gasteiger partial charge in [0, 0.05) is 18.7 Å². The molecule has 5 heteroatoms. The van der Waals surface area contributed by atoms with Gasteiger partial charge in [-0.3, -0.25) is 4.79 Å². The first-order valence-corrected chi connectivity index (χ1v) is 5.94. The lowest BCUT2D eigenvalue weighted by Crippen LogP contribution is -2.38. The average molecular weight is 252 g/mol. The van der Waals surface area contributed by atoms with E-state index < -0.39 is 11.7 Å². The van der Waals surface area contributed by atoms with Gasteiger partial charge in [0.2, 0.25) is 0 Å². The topological polar surface area (TPSA) is 71.2 Å². The highest BCUT2D eigenvalue weighted by atomic mass is 16.6. The minimum Gasteiger partial charge on any atom is -0.444 e. The molecule has 2 N–H and O–H groups in total. The van der Waals surface area contributed by atoms with Crippen LogP contribution < -0.4 is 5.32 Å². The lowest BCUT2D eigenvalue weighted by molar-refractivity contribution is 0.0506. The first-order chi connectivity index (χ1) is 8.28. The normalized spacial score (nSPS) is 12.9. The molecule has 0 aliphatic carbocycles. The van der Waals surface area contributed by atoms with Crippen molar-refractivity contribution in [1.29, 1.82) is 0 Å². The number of ketones is 1. The molecule has 0 aliphatic heterocycles. The number of rotatable bonds is 4. The van der Waals surface area contributed by atoms with Gasteiger partial charge in [-0.2, -0.15) is 0 Å². The van der Waals surface area contributed by atoms with Gasteiger partial charge in [-0.1, -0.05) is 0 Å². The molecule has 1 atom stereocenters. The highest BCUT2D eigenvalue weighted by Gasteiger charge is 2.19. The number of nitrogens with one attached hydrogen (secondary N) is 2. The number of aromatic amines is 1. The molecule has 0 aromatic carbocycles. The number of ether oxygens (including phenoxy) is 1. The van der Waals surface area contributed by atoms with Gasteiger partial charge in [0.05, 0.1) is 5.69 Å². The molecule has 1 aromatic heterocycles. The van der Waals surface area contributed by atoms with Crippen LogP contribution >= 0.6 is 0 Å². The van der Waals surface area contributed by atoms with Crippen LogP contribution in [0.1, 0.15) is 44.6 Å². The van der Waals surface area contributed by atoms with Crippen LogP contribution in [0.25, 0.3) is 0 Å². The molecule has 0 radical (unpaired) electrons. The maximum absolute atomic E-state index is 11.8. The predicted octanol–water partition coefficient (Wildman–Crippen LogP) is 2.50. The summed E-state index contributed by atoms with van der Waals surface area (Å²) in [6.07, 6.45) is 1.42. The van der Waals surface area contributed by atoms with Crippen LogP contribution in [0.3, 0.4) is 0 Å². The third-order valence-electron chi connectivity index (χ3n) is 2.15. The zero-order valence-electron chi connectivity index (χ0n) is 11.2. The summed E-state index contributed by atoms with van der Waals surface area (Å²) in [5.74, 6) is -0.0384. The molecular formula is C13H20N2O3. The van der Waals surface area contributed by atoms with Gasteiger partial charge < -0.3 is 15.0 Å². The van der Waals surface area contributed by atoms with E-state index in [2.05, 4.69) is 10.3 Å². The summed E-state index contributed by atoms with van der Waals surface area (Å²) < 4.78 is 5.11. The van der Waals surface area contributed by atoms with Crippen molar-refractivity contribution in [2.45, 2.75) is 45.8 Å². The minimum absolute atomic E-state index is 0.0384. The smallest absolute Gasteiger partial charge is 0.407 e. The lowest BCUT2D eigenvalue weighted by atomic mass is 10.1. The van der Waals surface area contributed by atoms with E-state index in [0.717, 1.165) is 0 Å². The van der Waals surface area contributed by atoms with Crippen molar-refractivity contribution in [3.63, 3.8) is 0 Å². The van der Waals surface area contributed by atoms with Gasteiger partial charge in [-0.15, -0.1) is 0 Å². The van der Waals surface area contributed by atoms with Crippen molar-refractivity contribution in [1.82, 2.24) is 10.3 Å². The van der Waals surface area contributed by atoms with Crippen LogP contribution in [0, 0.1) is 0 Å². The molecule has 1 amide bonds. The van der Waals surface area contributed by atoms with E-state index >= 15 is 0 Å². The molecule has 0 aliphatic rings. The summed E-state index contributed by atoms with van der Waals surface area (Å²) in [6, 6.07) is 3.21. The summed E-state index contributed by atoms with van der Waals surface area (Å²) in [5, 5.41) is 2.63. The summed E-state index contributed by atoms with van der Waals surface area (Å²) >= 11 is 0. The number of Topliss-reactive ketones (excluding diaryl/α,β-unsaturated/α-hetero) is 1. The van der Waals surface area contributed by atoms with E-state index in [4.69, 9.17) is 4.74 Å². The predicted molar refractivity (Wildman–Crippen MR) is 68.6 cm³/mol. The maximum atomic E-state index is 11.8. The fraction of sp³-hybridized carbons (Fsp3) is 0.538. The largest absolute Gasteiger partial charge is 0.444 e. The van der Waals surface area contributed by atoms with Gasteiger partial charge in [0.15, 0.2) is 5.78 Å². The second kappa shape index (κ2) is 5.71. The van der Waals surface area contributed by atoms with E-state index in [1.165, 1.54) is 0 Å². The minimum atomic E-state index is -0.534. The fourth-order valence-corrected chi connectivity index (χ4v) is 1.45. The Morgan fingerprint density at radius 3 is 2.61 bits per heavy atom. The van der Waals surface area contributed by atoms with Crippen molar-refractivity contribution >= 4 is 11.9 Å². The van der Waals surface area contributed by atoms with Crippen molar-refractivity contribution in [2.75, 3.05) is 0 Å². The SMILES string of the molecule is CC(CC(=O)c1ccc[nH]1)NC(=O)OC(C)(C)C. The Morgan fingerprint density at radius 2 is 2.11 bits per heavy atom. The molecule has 0 fully saturated rings. The summed E-state index contributed by atoms with van der Waals surface area (Å²) in [7, 11) is 0. The van der Waals surface area contributed by atoms with Crippen LogP contribution in [0.15, 0.2) is 18.3 Å². The number of hydrogen-bond donors (Lipinski definition) is 2. The number of carbonyl (C=O) groups excluding carboxylic acids is 2. The van der Waals surface area contributed by atoms with Crippen LogP contribution in [0.4, 0.5) is 4.79 Å². The Kier molecular flexibility index (Phi) is 4.53. The highest BCUT2D eigenvalue weighted by Crippen LogP contribution is 2.08. The van der Waals surface area contributed by atoms with Gasteiger partial charge in [-0.25, -0.2) is 4.79 Å². The van der Waals surface area contributed by atoms with Crippen molar-refractivity contribution in [3.05, 3.63) is 24.0 Å². The average Bonchev–Trinajstić information content (AvgIpc) is 2.65. The standard InChI is InChI=1S/C13H20N2O3/c1-9(15-12(17)18-13(2,3)4)8-11(16)10-6-5-7-14-10/h5-7,9,14H,8H2,1-4H3,(H,15,17). The number of carbonyl (C=O) groups is 2. The number of amides is 1. The molecule has 1 unspecified atom stereocenters. The third-order valence-corrected chi connectivity index (χ3v) is 2.15. The molecule has 0 bridgehead atoms. The summed E-state index contributed by atoms with van der Waals surface area (Å²) in [6.45, 7) is 7.15. The summed E-state index contributed by atoms with van der Waals surface area (Å²) in [5.41, 5.74) is 0.0145. The second-order valence-electron chi connectivity index (χ2n) is 5.26. The molecule has 18 heavy (non-hydrogen) atoms. The first-order valence-electron chi connectivity index (χ1n) is 5.94. The van der Waals surface area contributed by atoms with Crippen LogP contribution in [-0.4, -0.2) is 28.5 Å². The monoisotopic (exact) mass is 252 g/mol. The fourth-order valence-electron chi connectivity index (χ4n) is 1.45. The van der Waals surface area contributed by atoms with Gasteiger partial charge in [0.25, 0.3) is 0 Å². The third kappa shape index (κ3) is 5.03. The summed E-state index contributed by atoms with van der Waals surface area (Å²) in [4.78, 5) is 26.1. The second-order valence-corrected chi connectivity index (χ2v) is 5.26. The van der Waals surface area contributed by atoms with E-state index in [0.29, 0.717) is 5.69 Å². The quantitative estimate of drug-likeness (QED) is 0.809. The van der Waals surface area contributed by atoms with Crippen LogP contribution in [0.5, 0.6) is 0 Å². The lowest BCUT2D eigenvalue weighted by Gasteiger charge is -2.21. The number of hydrogen-bond acceptors (Lipinski definition) is 3. The highest BCUT2D eigenvalue weighted by molar-refractivity contribution is 5.94. The number of alkyl carbamates (subject to hydrolysis) is 1. The molecule has 0 saturated heterocycles. The Hall–Kier alpha value is -1.78. The Labute approximate surface area is 107 Å². The number of aromatic nitrogens is 1. The molecule has 0 saturated carbocycles. The van der Waals surface area contributed by atoms with E-state index in [1.54, 1.807) is 46.0 Å². The van der Waals surface area contributed by atoms with Crippen molar-refractivity contribution in [2.24, 2.45) is 0 Å². The molecular weight excluding hydrogens is 232 g/mol. The Bertz CT molecular complexity index is 404. The maximum Gasteiger partial charge on any atom is 0.407 e. The molecule has 1 rings (SSSR count). The Morgan fingerprint density at radius 1 is 1.44 bits per heavy atom. The van der Waals surface area contributed by atoms with Gasteiger partial charge >= 0.3 is 6.09 Å². The van der Waals surface area contributed by atoms with Crippen LogP contribution in [-0.2, 0) is 4.74 Å². The van der Waals surface area contributed by atoms with E-state index in [1.807, 2.05) is 0 Å². The van der Waals surface area contributed by atoms with Gasteiger partial charge in [0.1, 0.15) is 5.60 Å². The molecule has 1 heterocycles.